The quantitative estimate of drug-likeness (QED) is 0.343. The molecule has 0 unspecified atom stereocenters. The van der Waals surface area contributed by atoms with Crippen LogP contribution in [-0.4, -0.2) is 26.4 Å². The van der Waals surface area contributed by atoms with Gasteiger partial charge in [0.25, 0.3) is 10.0 Å². The summed E-state index contributed by atoms with van der Waals surface area (Å²) in [4.78, 5) is 17.0. The number of thiazole rings is 1. The summed E-state index contributed by atoms with van der Waals surface area (Å²) < 4.78 is 27.5. The summed E-state index contributed by atoms with van der Waals surface area (Å²) in [7, 11) is -2.23. The van der Waals surface area contributed by atoms with Crippen molar-refractivity contribution in [3.05, 3.63) is 102 Å². The average Bonchev–Trinajstić information content (AvgIpc) is 3.38. The number of para-hydroxylation sites is 1. The first kappa shape index (κ1) is 23.4. The Morgan fingerprint density at radius 1 is 1.03 bits per heavy atom. The highest BCUT2D eigenvalue weighted by Crippen LogP contribution is 2.29. The minimum Gasteiger partial charge on any atom is -0.322 e. The van der Waals surface area contributed by atoms with Crippen LogP contribution >= 0.6 is 11.3 Å². The fourth-order valence-corrected chi connectivity index (χ4v) is 5.30. The smallest absolute Gasteiger partial charge is 0.264 e. The number of sulfonamides is 1. The number of amides is 1. The highest BCUT2D eigenvalue weighted by molar-refractivity contribution is 7.92. The molecule has 1 aromatic heterocycles. The number of carbonyl (C=O) groups is 1. The van der Waals surface area contributed by atoms with Crippen LogP contribution in [0.15, 0.2) is 95.3 Å². The zero-order valence-corrected chi connectivity index (χ0v) is 20.3. The van der Waals surface area contributed by atoms with Gasteiger partial charge in [-0.3, -0.25) is 9.10 Å². The van der Waals surface area contributed by atoms with Gasteiger partial charge in [0, 0.05) is 30.3 Å². The van der Waals surface area contributed by atoms with Crippen molar-refractivity contribution in [3.63, 3.8) is 0 Å². The molecule has 0 atom stereocenters. The van der Waals surface area contributed by atoms with Gasteiger partial charge in [0.1, 0.15) is 5.01 Å². The summed E-state index contributed by atoms with van der Waals surface area (Å²) in [6, 6.07) is 21.3. The van der Waals surface area contributed by atoms with Gasteiger partial charge in [0.2, 0.25) is 5.91 Å². The normalized spacial score (nSPS) is 11.5. The maximum atomic E-state index is 13.1. The Bertz CT molecular complexity index is 1450. The first-order valence-electron chi connectivity index (χ1n) is 10.5. The second kappa shape index (κ2) is 10.0. The fraction of sp³-hybridized carbons (Fsp3) is 0.0769. The molecule has 0 radical (unpaired) electrons. The fourth-order valence-electron chi connectivity index (χ4n) is 3.38. The number of hydrogen-bond donors (Lipinski definition) is 1. The van der Waals surface area contributed by atoms with E-state index in [2.05, 4.69) is 10.3 Å². The summed E-state index contributed by atoms with van der Waals surface area (Å²) in [6.07, 6.45) is 4.69. The second-order valence-corrected chi connectivity index (χ2v) is 10.5. The van der Waals surface area contributed by atoms with Crippen molar-refractivity contribution in [2.75, 3.05) is 16.7 Å². The Labute approximate surface area is 203 Å². The van der Waals surface area contributed by atoms with Crippen LogP contribution in [0.2, 0.25) is 0 Å². The molecule has 1 amide bonds. The molecule has 0 aliphatic heterocycles. The predicted octanol–water partition coefficient (Wildman–Crippen LogP) is 5.60. The second-order valence-electron chi connectivity index (χ2n) is 7.59. The lowest BCUT2D eigenvalue weighted by Crippen LogP contribution is -2.26. The summed E-state index contributed by atoms with van der Waals surface area (Å²) in [5.41, 5.74) is 3.65. The third-order valence-corrected chi connectivity index (χ3v) is 7.74. The molecule has 0 aliphatic rings. The molecular weight excluding hydrogens is 466 g/mol. The van der Waals surface area contributed by atoms with Crippen molar-refractivity contribution in [1.29, 1.82) is 0 Å². The molecule has 172 valence electrons. The topological polar surface area (TPSA) is 79.4 Å². The van der Waals surface area contributed by atoms with Crippen LogP contribution in [-0.2, 0) is 14.8 Å². The van der Waals surface area contributed by atoms with Crippen molar-refractivity contribution in [2.45, 2.75) is 11.8 Å². The molecular formula is C26H23N3O3S2. The maximum Gasteiger partial charge on any atom is 0.264 e. The van der Waals surface area contributed by atoms with E-state index in [9.17, 15) is 13.2 Å². The number of benzene rings is 3. The molecule has 0 aliphatic carbocycles. The van der Waals surface area contributed by atoms with E-state index in [4.69, 9.17) is 0 Å². The van der Waals surface area contributed by atoms with Gasteiger partial charge in [-0.2, -0.15) is 0 Å². The molecule has 3 aromatic carbocycles. The molecule has 0 bridgehead atoms. The third kappa shape index (κ3) is 5.24. The largest absolute Gasteiger partial charge is 0.322 e. The molecule has 0 fully saturated rings. The van der Waals surface area contributed by atoms with Gasteiger partial charge in [-0.05, 0) is 60.5 Å². The van der Waals surface area contributed by atoms with Crippen molar-refractivity contribution in [2.24, 2.45) is 0 Å². The lowest BCUT2D eigenvalue weighted by Gasteiger charge is -2.20. The van der Waals surface area contributed by atoms with Crippen molar-refractivity contribution in [3.8, 4) is 10.6 Å². The lowest BCUT2D eigenvalue weighted by molar-refractivity contribution is -0.111. The first-order chi connectivity index (χ1) is 16.3. The predicted molar refractivity (Wildman–Crippen MR) is 138 cm³/mol. The van der Waals surface area contributed by atoms with Crippen LogP contribution < -0.4 is 9.62 Å². The highest BCUT2D eigenvalue weighted by Gasteiger charge is 2.21. The molecule has 1 N–H and O–H groups in total. The molecule has 0 saturated carbocycles. The Kier molecular flexibility index (Phi) is 6.90. The van der Waals surface area contributed by atoms with Gasteiger partial charge in [-0.25, -0.2) is 13.4 Å². The minimum atomic E-state index is -3.76. The summed E-state index contributed by atoms with van der Waals surface area (Å²) in [5.74, 6) is -0.325. The van der Waals surface area contributed by atoms with Gasteiger partial charge >= 0.3 is 0 Å². The van der Waals surface area contributed by atoms with Crippen LogP contribution in [0.25, 0.3) is 16.6 Å². The number of nitrogens with one attached hydrogen (secondary N) is 1. The van der Waals surface area contributed by atoms with E-state index in [1.54, 1.807) is 42.6 Å². The van der Waals surface area contributed by atoms with Crippen molar-refractivity contribution in [1.82, 2.24) is 4.98 Å². The molecule has 4 rings (SSSR count). The number of aromatic nitrogens is 1. The van der Waals surface area contributed by atoms with Crippen LogP contribution in [0.1, 0.15) is 11.1 Å². The SMILES string of the molecule is Cc1cccc(N(C)S(=O)(=O)c2cccc(/C=C/C(=O)Nc3ccccc3-c3nccs3)c2)c1. The molecule has 8 heteroatoms. The van der Waals surface area contributed by atoms with E-state index in [0.717, 1.165) is 16.1 Å². The third-order valence-electron chi connectivity index (χ3n) is 5.16. The molecule has 6 nitrogen and oxygen atoms in total. The molecule has 4 aromatic rings. The minimum absolute atomic E-state index is 0.146. The molecule has 0 saturated heterocycles. The van der Waals surface area contributed by atoms with Crippen LogP contribution in [0.4, 0.5) is 11.4 Å². The number of hydrogen-bond acceptors (Lipinski definition) is 5. The Balaban J connectivity index is 1.52. The van der Waals surface area contributed by atoms with Crippen molar-refractivity contribution < 1.29 is 13.2 Å². The van der Waals surface area contributed by atoms with Crippen molar-refractivity contribution >= 4 is 44.7 Å². The maximum absolute atomic E-state index is 13.1. The molecule has 0 spiro atoms. The number of rotatable bonds is 7. The average molecular weight is 490 g/mol. The van der Waals surface area contributed by atoms with E-state index in [1.807, 2.05) is 54.8 Å². The number of nitrogens with zero attached hydrogens (tertiary/aromatic N) is 2. The lowest BCUT2D eigenvalue weighted by atomic mass is 10.2. The van der Waals surface area contributed by atoms with Crippen LogP contribution in [0.5, 0.6) is 0 Å². The van der Waals surface area contributed by atoms with Crippen LogP contribution in [0.3, 0.4) is 0 Å². The van der Waals surface area contributed by atoms with Gasteiger partial charge in [-0.15, -0.1) is 11.3 Å². The Morgan fingerprint density at radius 2 is 1.82 bits per heavy atom. The Hall–Kier alpha value is -3.75. The van der Waals surface area contributed by atoms with E-state index >= 15 is 0 Å². The zero-order valence-electron chi connectivity index (χ0n) is 18.7. The number of anilines is 2. The standard InChI is InChI=1S/C26H23N3O3S2/c1-19-7-5-9-21(17-19)29(2)34(31,32)22-10-6-8-20(18-22)13-14-25(30)28-24-12-4-3-11-23(24)26-27-15-16-33-26/h3-18H,1-2H3,(H,28,30)/b14-13+. The van der Waals surface area contributed by atoms with E-state index in [1.165, 1.54) is 28.8 Å². The van der Waals surface area contributed by atoms with E-state index in [0.29, 0.717) is 16.9 Å². The number of carbonyl (C=O) groups excluding carboxylic acids is 1. The van der Waals surface area contributed by atoms with Gasteiger partial charge in [0.05, 0.1) is 16.3 Å². The summed E-state index contributed by atoms with van der Waals surface area (Å²) in [6.45, 7) is 1.91. The highest BCUT2D eigenvalue weighted by atomic mass is 32.2. The Morgan fingerprint density at radius 3 is 2.59 bits per heavy atom. The monoisotopic (exact) mass is 489 g/mol. The summed E-state index contributed by atoms with van der Waals surface area (Å²) >= 11 is 1.49. The summed E-state index contributed by atoms with van der Waals surface area (Å²) in [5, 5.41) is 5.57. The molecule has 1 heterocycles. The zero-order chi connectivity index (χ0) is 24.1. The first-order valence-corrected chi connectivity index (χ1v) is 12.8. The number of aryl methyl sites for hydroxylation is 1. The van der Waals surface area contributed by atoms with E-state index < -0.39 is 10.0 Å². The van der Waals surface area contributed by atoms with Gasteiger partial charge < -0.3 is 5.32 Å². The van der Waals surface area contributed by atoms with E-state index in [-0.39, 0.29) is 10.8 Å². The van der Waals surface area contributed by atoms with Gasteiger partial charge in [-0.1, -0.05) is 36.4 Å². The molecule has 34 heavy (non-hydrogen) atoms. The van der Waals surface area contributed by atoms with Gasteiger partial charge in [0.15, 0.2) is 0 Å². The van der Waals surface area contributed by atoms with Crippen LogP contribution in [0, 0.1) is 6.92 Å².